The number of ether oxygens (including phenoxy) is 4. The molecule has 2 aliphatic rings. The number of allylic oxidation sites excluding steroid dienone is 4. The van der Waals surface area contributed by atoms with Crippen molar-refractivity contribution in [3.05, 3.63) is 58.2 Å². The Bertz CT molecular complexity index is 1040. The first-order valence-electron chi connectivity index (χ1n) is 11.1. The summed E-state index contributed by atoms with van der Waals surface area (Å²) in [5, 5.41) is 20.5. The number of rotatable bonds is 8. The van der Waals surface area contributed by atoms with Gasteiger partial charge < -0.3 is 33.6 Å². The Morgan fingerprint density at radius 3 is 2.53 bits per heavy atom. The molecule has 1 aromatic rings. The summed E-state index contributed by atoms with van der Waals surface area (Å²) in [5.41, 5.74) is -2.03. The average Bonchev–Trinajstić information content (AvgIpc) is 2.93. The number of aliphatic hydroxyl groups excluding tert-OH is 2. The highest BCUT2D eigenvalue weighted by atomic mass is 16.7. The monoisotopic (exact) mass is 476 g/mol. The summed E-state index contributed by atoms with van der Waals surface area (Å²) in [4.78, 5) is 23.3. The van der Waals surface area contributed by atoms with Gasteiger partial charge in [0.15, 0.2) is 6.10 Å². The van der Waals surface area contributed by atoms with E-state index in [1.807, 2.05) is 0 Å². The third kappa shape index (κ3) is 4.88. The maximum absolute atomic E-state index is 11.7. The van der Waals surface area contributed by atoms with E-state index in [1.54, 1.807) is 57.2 Å². The minimum atomic E-state index is -1.20. The number of carbonyl (C=O) groups excluding carboxylic acids is 1. The molecule has 0 aliphatic carbocycles. The number of hydrogen-bond acceptors (Lipinski definition) is 9. The highest BCUT2D eigenvalue weighted by Crippen LogP contribution is 2.51. The fraction of sp³-hybridized carbons (Fsp3) is 0.520. The van der Waals surface area contributed by atoms with E-state index in [9.17, 15) is 19.8 Å². The first-order chi connectivity index (χ1) is 16.1. The molecule has 3 rings (SSSR count). The second-order valence-corrected chi connectivity index (χ2v) is 8.76. The standard InChI is InChI=1S/C25H32O9/c1-15-17(32-21(28)14-19(15)30-5)10-8-6-7-9-11-18-22(29)25(4)23(31-16(2)27)24(3,33-18)20(34-25)12-13-26/h6-11,14,18,20,22-23,26,29H,12-13H2,1-5H3/b7-6+,10-8+,11-9+/t18?,20-,22+,23?,24+,25+/m1/s1. The Morgan fingerprint density at radius 2 is 1.88 bits per heavy atom. The lowest BCUT2D eigenvalue weighted by atomic mass is 9.77. The van der Waals surface area contributed by atoms with Crippen LogP contribution in [0.25, 0.3) is 6.08 Å². The van der Waals surface area contributed by atoms with Gasteiger partial charge in [0.25, 0.3) is 0 Å². The van der Waals surface area contributed by atoms with Crippen LogP contribution in [0.3, 0.4) is 0 Å². The van der Waals surface area contributed by atoms with Crippen molar-refractivity contribution in [1.29, 1.82) is 0 Å². The van der Waals surface area contributed by atoms with E-state index in [4.69, 9.17) is 23.4 Å². The molecule has 2 N–H and O–H groups in total. The Labute approximate surface area is 198 Å². The van der Waals surface area contributed by atoms with Gasteiger partial charge in [-0.25, -0.2) is 4.79 Å². The molecule has 2 bridgehead atoms. The van der Waals surface area contributed by atoms with Gasteiger partial charge in [0.2, 0.25) is 0 Å². The molecule has 0 radical (unpaired) electrons. The summed E-state index contributed by atoms with van der Waals surface area (Å²) in [6.07, 6.45) is 7.28. The van der Waals surface area contributed by atoms with E-state index < -0.39 is 47.2 Å². The molecule has 34 heavy (non-hydrogen) atoms. The summed E-state index contributed by atoms with van der Waals surface area (Å²) in [5.74, 6) is 0.343. The van der Waals surface area contributed by atoms with Gasteiger partial charge in [0.05, 0.1) is 19.3 Å². The van der Waals surface area contributed by atoms with Crippen LogP contribution in [-0.4, -0.2) is 65.5 Å². The van der Waals surface area contributed by atoms with E-state index in [2.05, 4.69) is 0 Å². The minimum Gasteiger partial charge on any atom is -0.496 e. The third-order valence-electron chi connectivity index (χ3n) is 6.34. The first-order valence-corrected chi connectivity index (χ1v) is 11.1. The largest absolute Gasteiger partial charge is 0.496 e. The van der Waals surface area contributed by atoms with Crippen molar-refractivity contribution in [2.75, 3.05) is 13.7 Å². The van der Waals surface area contributed by atoms with Crippen molar-refractivity contribution in [2.24, 2.45) is 0 Å². The third-order valence-corrected chi connectivity index (χ3v) is 6.34. The predicted octanol–water partition coefficient (Wildman–Crippen LogP) is 2.07. The van der Waals surface area contributed by atoms with Crippen molar-refractivity contribution >= 4 is 12.0 Å². The zero-order valence-corrected chi connectivity index (χ0v) is 20.0. The zero-order chi connectivity index (χ0) is 25.1. The number of carbonyl (C=O) groups is 1. The van der Waals surface area contributed by atoms with Gasteiger partial charge in [-0.1, -0.05) is 30.4 Å². The van der Waals surface area contributed by atoms with Gasteiger partial charge in [-0.15, -0.1) is 0 Å². The number of esters is 1. The Kier molecular flexibility index (Phi) is 7.82. The van der Waals surface area contributed by atoms with Gasteiger partial charge in [0.1, 0.15) is 34.9 Å². The summed E-state index contributed by atoms with van der Waals surface area (Å²) < 4.78 is 28.1. The molecule has 2 fully saturated rings. The van der Waals surface area contributed by atoms with E-state index in [1.165, 1.54) is 20.1 Å². The molecule has 0 aromatic carbocycles. The Morgan fingerprint density at radius 1 is 1.18 bits per heavy atom. The second-order valence-electron chi connectivity index (χ2n) is 8.76. The van der Waals surface area contributed by atoms with Gasteiger partial charge >= 0.3 is 11.6 Å². The molecular formula is C25H32O9. The van der Waals surface area contributed by atoms with Crippen LogP contribution in [0.4, 0.5) is 0 Å². The van der Waals surface area contributed by atoms with Crippen molar-refractivity contribution in [3.63, 3.8) is 0 Å². The van der Waals surface area contributed by atoms with Crippen molar-refractivity contribution in [1.82, 2.24) is 0 Å². The molecule has 2 aliphatic heterocycles. The lowest BCUT2D eigenvalue weighted by Gasteiger charge is -2.47. The number of fused-ring (bicyclic) bond motifs is 2. The minimum absolute atomic E-state index is 0.134. The topological polar surface area (TPSA) is 125 Å². The molecule has 9 heteroatoms. The van der Waals surface area contributed by atoms with Crippen LogP contribution >= 0.6 is 0 Å². The summed E-state index contributed by atoms with van der Waals surface area (Å²) in [6, 6.07) is 1.29. The van der Waals surface area contributed by atoms with Gasteiger partial charge in [-0.3, -0.25) is 4.79 Å². The smallest absolute Gasteiger partial charge is 0.339 e. The molecular weight excluding hydrogens is 444 g/mol. The normalized spacial score (nSPS) is 33.3. The Hall–Kier alpha value is -2.72. The maximum atomic E-state index is 11.7. The predicted molar refractivity (Wildman–Crippen MR) is 123 cm³/mol. The van der Waals surface area contributed by atoms with Gasteiger partial charge in [-0.05, 0) is 33.3 Å². The van der Waals surface area contributed by atoms with Crippen LogP contribution < -0.4 is 10.4 Å². The number of methoxy groups -OCH3 is 1. The molecule has 2 unspecified atom stereocenters. The van der Waals surface area contributed by atoms with Gasteiger partial charge in [0, 0.05) is 19.1 Å². The molecule has 3 heterocycles. The Balaban J connectivity index is 1.74. The molecule has 0 spiro atoms. The van der Waals surface area contributed by atoms with Crippen LogP contribution in [0, 0.1) is 6.92 Å². The van der Waals surface area contributed by atoms with Crippen LogP contribution in [0.5, 0.6) is 5.75 Å². The molecule has 0 amide bonds. The van der Waals surface area contributed by atoms with Crippen LogP contribution in [0.2, 0.25) is 0 Å². The summed E-state index contributed by atoms with van der Waals surface area (Å²) in [6.45, 7) is 6.40. The lowest BCUT2D eigenvalue weighted by Crippen LogP contribution is -2.65. The summed E-state index contributed by atoms with van der Waals surface area (Å²) >= 11 is 0. The molecule has 9 nitrogen and oxygen atoms in total. The highest BCUT2D eigenvalue weighted by molar-refractivity contribution is 5.66. The highest BCUT2D eigenvalue weighted by Gasteiger charge is 2.70. The maximum Gasteiger partial charge on any atom is 0.339 e. The van der Waals surface area contributed by atoms with E-state index in [0.29, 0.717) is 17.1 Å². The lowest BCUT2D eigenvalue weighted by molar-refractivity contribution is -0.235. The van der Waals surface area contributed by atoms with E-state index in [0.717, 1.165) is 0 Å². The fourth-order valence-electron chi connectivity index (χ4n) is 4.64. The van der Waals surface area contributed by atoms with Crippen molar-refractivity contribution in [3.8, 4) is 5.75 Å². The van der Waals surface area contributed by atoms with Crippen molar-refractivity contribution in [2.45, 2.75) is 69.7 Å². The molecule has 186 valence electrons. The first kappa shape index (κ1) is 25.9. The van der Waals surface area contributed by atoms with Crippen molar-refractivity contribution < 1.29 is 38.4 Å². The zero-order valence-electron chi connectivity index (χ0n) is 20.0. The molecule has 1 aromatic heterocycles. The molecule has 6 atom stereocenters. The second kappa shape index (κ2) is 10.3. The van der Waals surface area contributed by atoms with Crippen LogP contribution in [-0.2, 0) is 19.0 Å². The van der Waals surface area contributed by atoms with E-state index >= 15 is 0 Å². The quantitative estimate of drug-likeness (QED) is 0.428. The van der Waals surface area contributed by atoms with E-state index in [-0.39, 0.29) is 13.0 Å². The number of aliphatic hydroxyl groups is 2. The van der Waals surface area contributed by atoms with Crippen LogP contribution in [0.15, 0.2) is 45.7 Å². The van der Waals surface area contributed by atoms with Gasteiger partial charge in [-0.2, -0.15) is 0 Å². The average molecular weight is 477 g/mol. The SMILES string of the molecule is COc1cc(=O)oc(/C=C/C=C/C=C/C2O[C@]3(C)C(OC(C)=O)[C@@](C)(O[C@@H]3CCO)[C@H]2O)c1C. The van der Waals surface area contributed by atoms with Crippen LogP contribution in [0.1, 0.15) is 38.5 Å². The molecule has 0 saturated carbocycles. The molecule has 2 saturated heterocycles. The summed E-state index contributed by atoms with van der Waals surface area (Å²) in [7, 11) is 1.49. The number of hydrogen-bond donors (Lipinski definition) is 2. The fourth-order valence-corrected chi connectivity index (χ4v) is 4.64.